The van der Waals surface area contributed by atoms with Gasteiger partial charge < -0.3 is 24.4 Å². The van der Waals surface area contributed by atoms with Crippen LogP contribution in [0.15, 0.2) is 44.9 Å². The Morgan fingerprint density at radius 1 is 1.10 bits per heavy atom. The summed E-state index contributed by atoms with van der Waals surface area (Å²) in [6.45, 7) is 0. The minimum atomic E-state index is -1.15. The van der Waals surface area contributed by atoms with Crippen molar-refractivity contribution in [2.24, 2.45) is 0 Å². The Hall–Kier alpha value is -3.18. The molecule has 0 amide bonds. The van der Waals surface area contributed by atoms with Crippen molar-refractivity contribution in [2.45, 2.75) is 5.16 Å². The number of aromatic hydroxyl groups is 1. The fraction of sp³-hybridized carbons (Fsp3) is 0.150. The van der Waals surface area contributed by atoms with E-state index in [1.165, 1.54) is 19.3 Å². The van der Waals surface area contributed by atoms with Gasteiger partial charge in [-0.2, -0.15) is 0 Å². The van der Waals surface area contributed by atoms with E-state index in [2.05, 4.69) is 31.1 Å². The summed E-state index contributed by atoms with van der Waals surface area (Å²) in [6.07, 6.45) is 1.43. The molecule has 0 saturated carbocycles. The lowest BCUT2D eigenvalue weighted by Gasteiger charge is -2.07. The maximum Gasteiger partial charge on any atom is 0.342 e. The highest BCUT2D eigenvalue weighted by atomic mass is 79.9. The molecule has 3 N–H and O–H groups in total. The molecule has 0 fully saturated rings. The second kappa shape index (κ2) is 9.75. The third kappa shape index (κ3) is 5.30. The van der Waals surface area contributed by atoms with Crippen molar-refractivity contribution in [3.8, 4) is 34.4 Å². The average molecular weight is 508 g/mol. The minimum absolute atomic E-state index is 0.0200. The normalized spacial score (nSPS) is 11.3. The molecule has 2 aromatic carbocycles. The van der Waals surface area contributed by atoms with Crippen LogP contribution in [0.2, 0.25) is 0 Å². The van der Waals surface area contributed by atoms with Gasteiger partial charge in [-0.25, -0.2) is 9.78 Å². The monoisotopic (exact) mass is 507 g/mol. The van der Waals surface area contributed by atoms with Crippen LogP contribution in [0.5, 0.6) is 23.0 Å². The predicted octanol–water partition coefficient (Wildman–Crippen LogP) is 4.18. The minimum Gasteiger partial charge on any atom is -0.503 e. The van der Waals surface area contributed by atoms with Gasteiger partial charge in [0.05, 0.1) is 25.8 Å². The number of carbonyl (C=O) groups is 1. The van der Waals surface area contributed by atoms with Crippen molar-refractivity contribution in [2.75, 3.05) is 21.3 Å². The molecule has 0 unspecified atom stereocenters. The number of carboxylic acids is 1. The van der Waals surface area contributed by atoms with Crippen molar-refractivity contribution in [3.05, 3.63) is 45.3 Å². The Labute approximate surface area is 190 Å². The SMILES string of the molecule is COc1cc(OC)cc(-c2nc(S/C(=C\c3cc(Br)c(O)c(OC)c3)C(=O)O)n[nH]2)c1. The second-order valence-corrected chi connectivity index (χ2v) is 7.90. The van der Waals surface area contributed by atoms with E-state index in [0.717, 1.165) is 11.8 Å². The number of thioether (sulfide) groups is 1. The Morgan fingerprint density at radius 3 is 2.35 bits per heavy atom. The Morgan fingerprint density at radius 2 is 1.77 bits per heavy atom. The number of phenolic OH excluding ortho intramolecular Hbond substituents is 1. The van der Waals surface area contributed by atoms with E-state index in [-0.39, 0.29) is 21.6 Å². The summed E-state index contributed by atoms with van der Waals surface area (Å²) in [4.78, 5) is 16.1. The first-order chi connectivity index (χ1) is 14.8. The number of hydrogen-bond acceptors (Lipinski definition) is 8. The highest BCUT2D eigenvalue weighted by Gasteiger charge is 2.16. The third-order valence-corrected chi connectivity index (χ3v) is 5.55. The number of hydrogen-bond donors (Lipinski definition) is 3. The zero-order chi connectivity index (χ0) is 22.5. The number of halogens is 1. The van der Waals surface area contributed by atoms with Crippen LogP contribution in [0.4, 0.5) is 0 Å². The molecule has 3 rings (SSSR count). The van der Waals surface area contributed by atoms with Crippen LogP contribution in [0.25, 0.3) is 17.5 Å². The number of aliphatic carboxylic acids is 1. The van der Waals surface area contributed by atoms with Gasteiger partial charge in [0, 0.05) is 11.6 Å². The number of ether oxygens (including phenoxy) is 3. The van der Waals surface area contributed by atoms with Gasteiger partial charge in [-0.15, -0.1) is 5.10 Å². The molecule has 0 atom stereocenters. The quantitative estimate of drug-likeness (QED) is 0.303. The van der Waals surface area contributed by atoms with E-state index in [1.54, 1.807) is 38.5 Å². The molecular weight excluding hydrogens is 490 g/mol. The largest absolute Gasteiger partial charge is 0.503 e. The van der Waals surface area contributed by atoms with E-state index < -0.39 is 5.97 Å². The first-order valence-electron chi connectivity index (χ1n) is 8.69. The van der Waals surface area contributed by atoms with Crippen molar-refractivity contribution in [3.63, 3.8) is 0 Å². The van der Waals surface area contributed by atoms with Gasteiger partial charge in [-0.05, 0) is 63.6 Å². The number of nitrogens with one attached hydrogen (secondary N) is 1. The molecule has 0 radical (unpaired) electrons. The second-order valence-electron chi connectivity index (χ2n) is 6.04. The highest BCUT2D eigenvalue weighted by Crippen LogP contribution is 2.37. The van der Waals surface area contributed by atoms with Crippen molar-refractivity contribution >= 4 is 39.7 Å². The van der Waals surface area contributed by atoms with Gasteiger partial charge in [-0.3, -0.25) is 5.10 Å². The molecule has 0 saturated heterocycles. The number of phenols is 1. The fourth-order valence-corrected chi connectivity index (χ4v) is 3.75. The van der Waals surface area contributed by atoms with Crippen LogP contribution in [-0.4, -0.2) is 52.7 Å². The molecule has 0 spiro atoms. The summed E-state index contributed by atoms with van der Waals surface area (Å²) in [5, 5.41) is 26.7. The molecule has 11 heteroatoms. The number of nitrogens with zero attached hydrogens (tertiary/aromatic N) is 2. The van der Waals surface area contributed by atoms with Gasteiger partial charge in [0.15, 0.2) is 17.3 Å². The first-order valence-corrected chi connectivity index (χ1v) is 10.3. The number of H-pyrrole nitrogens is 1. The Bertz CT molecular complexity index is 1130. The number of aromatic amines is 1. The Balaban J connectivity index is 1.91. The fourth-order valence-electron chi connectivity index (χ4n) is 2.58. The van der Waals surface area contributed by atoms with Crippen LogP contribution in [0, 0.1) is 0 Å². The van der Waals surface area contributed by atoms with Crippen LogP contribution in [-0.2, 0) is 4.79 Å². The molecule has 1 aromatic heterocycles. The van der Waals surface area contributed by atoms with E-state index in [9.17, 15) is 15.0 Å². The number of rotatable bonds is 8. The first kappa shape index (κ1) is 22.5. The number of methoxy groups -OCH3 is 3. The summed E-state index contributed by atoms with van der Waals surface area (Å²) in [5.41, 5.74) is 1.18. The van der Waals surface area contributed by atoms with Crippen molar-refractivity contribution in [1.82, 2.24) is 15.2 Å². The van der Waals surface area contributed by atoms with Crippen LogP contribution in [0.1, 0.15) is 5.56 Å². The number of aromatic nitrogens is 3. The molecule has 3 aromatic rings. The zero-order valence-electron chi connectivity index (χ0n) is 16.7. The van der Waals surface area contributed by atoms with Crippen LogP contribution >= 0.6 is 27.7 Å². The van der Waals surface area contributed by atoms with E-state index in [1.807, 2.05) is 0 Å². The summed E-state index contributed by atoms with van der Waals surface area (Å²) < 4.78 is 16.0. The maximum absolute atomic E-state index is 11.8. The molecule has 9 nitrogen and oxygen atoms in total. The zero-order valence-corrected chi connectivity index (χ0v) is 19.1. The summed E-state index contributed by atoms with van der Waals surface area (Å²) >= 11 is 4.10. The van der Waals surface area contributed by atoms with Gasteiger partial charge >= 0.3 is 5.97 Å². The molecule has 0 aliphatic heterocycles. The standard InChI is InChI=1S/C20H18BrN3O6S/c1-28-12-7-11(8-13(9-12)29-2)18-22-20(24-23-18)31-16(19(26)27)6-10-4-14(21)17(25)15(5-10)30-3/h4-9,25H,1-3H3,(H,26,27)(H,22,23,24)/b16-6-. The predicted molar refractivity (Wildman–Crippen MR) is 119 cm³/mol. The molecular formula is C20H18BrN3O6S. The maximum atomic E-state index is 11.8. The molecule has 0 aliphatic rings. The number of carboxylic acid groups (broad SMARTS) is 1. The van der Waals surface area contributed by atoms with Gasteiger partial charge in [0.2, 0.25) is 5.16 Å². The molecule has 0 aliphatic carbocycles. The summed E-state index contributed by atoms with van der Waals surface area (Å²) in [5.74, 6) is 0.580. The smallest absolute Gasteiger partial charge is 0.342 e. The lowest BCUT2D eigenvalue weighted by atomic mass is 10.2. The lowest BCUT2D eigenvalue weighted by Crippen LogP contribution is -1.97. The van der Waals surface area contributed by atoms with Gasteiger partial charge in [0.25, 0.3) is 0 Å². The van der Waals surface area contributed by atoms with Crippen LogP contribution < -0.4 is 14.2 Å². The summed E-state index contributed by atoms with van der Waals surface area (Å²) in [6, 6.07) is 8.34. The van der Waals surface area contributed by atoms with E-state index in [4.69, 9.17) is 14.2 Å². The van der Waals surface area contributed by atoms with Gasteiger partial charge in [-0.1, -0.05) is 0 Å². The molecule has 31 heavy (non-hydrogen) atoms. The molecule has 1 heterocycles. The van der Waals surface area contributed by atoms with E-state index in [0.29, 0.717) is 32.9 Å². The van der Waals surface area contributed by atoms with Gasteiger partial charge in [0.1, 0.15) is 16.4 Å². The number of benzene rings is 2. The summed E-state index contributed by atoms with van der Waals surface area (Å²) in [7, 11) is 4.49. The Kier molecular flexibility index (Phi) is 7.08. The van der Waals surface area contributed by atoms with Crippen molar-refractivity contribution in [1.29, 1.82) is 0 Å². The lowest BCUT2D eigenvalue weighted by molar-refractivity contribution is -0.131. The average Bonchev–Trinajstić information content (AvgIpc) is 3.23. The topological polar surface area (TPSA) is 127 Å². The molecule has 0 bridgehead atoms. The van der Waals surface area contributed by atoms with E-state index >= 15 is 0 Å². The molecule has 162 valence electrons. The third-order valence-electron chi connectivity index (χ3n) is 4.07. The van der Waals surface area contributed by atoms with Crippen LogP contribution in [0.3, 0.4) is 0 Å². The van der Waals surface area contributed by atoms with Crippen molar-refractivity contribution < 1.29 is 29.2 Å². The highest BCUT2D eigenvalue weighted by molar-refractivity contribution is 9.10.